The minimum absolute atomic E-state index is 0.691. The van der Waals surface area contributed by atoms with Gasteiger partial charge in [-0.1, -0.05) is 23.7 Å². The molecule has 23 heavy (non-hydrogen) atoms. The van der Waals surface area contributed by atoms with Crippen molar-refractivity contribution >= 4 is 28.3 Å². The zero-order valence-electron chi connectivity index (χ0n) is 12.8. The van der Waals surface area contributed by atoms with E-state index >= 15 is 0 Å². The standard InChI is InChI=1S/C18H16ClN3O/c1-23-17-4-2-3-12-10-22(8-7-14(12)17)18-15-6-5-13(19)9-16(15)20-11-21-18/h2-6,9,11H,7-8,10H2,1H3. The maximum absolute atomic E-state index is 6.07. The summed E-state index contributed by atoms with van der Waals surface area (Å²) < 4.78 is 5.48. The third kappa shape index (κ3) is 2.49. The summed E-state index contributed by atoms with van der Waals surface area (Å²) in [7, 11) is 1.73. The van der Waals surface area contributed by atoms with E-state index in [0.29, 0.717) is 5.02 Å². The van der Waals surface area contributed by atoms with Crippen LogP contribution >= 0.6 is 11.6 Å². The van der Waals surface area contributed by atoms with Crippen molar-refractivity contribution in [3.63, 3.8) is 0 Å². The molecule has 116 valence electrons. The smallest absolute Gasteiger partial charge is 0.140 e. The predicted octanol–water partition coefficient (Wildman–Crippen LogP) is 3.85. The number of hydrogen-bond donors (Lipinski definition) is 0. The van der Waals surface area contributed by atoms with Crippen LogP contribution in [0.4, 0.5) is 5.82 Å². The van der Waals surface area contributed by atoms with Gasteiger partial charge in [0.1, 0.15) is 17.9 Å². The van der Waals surface area contributed by atoms with E-state index in [0.717, 1.165) is 42.0 Å². The molecule has 0 aliphatic carbocycles. The van der Waals surface area contributed by atoms with E-state index in [4.69, 9.17) is 16.3 Å². The molecular formula is C18H16ClN3O. The second kappa shape index (κ2) is 5.70. The van der Waals surface area contributed by atoms with Gasteiger partial charge in [-0.05, 0) is 36.2 Å². The van der Waals surface area contributed by atoms with Crippen molar-refractivity contribution in [2.24, 2.45) is 0 Å². The van der Waals surface area contributed by atoms with Gasteiger partial charge in [-0.3, -0.25) is 0 Å². The number of ether oxygens (including phenoxy) is 1. The first kappa shape index (κ1) is 14.3. The average molecular weight is 326 g/mol. The molecule has 0 unspecified atom stereocenters. The second-order valence-electron chi connectivity index (χ2n) is 5.63. The summed E-state index contributed by atoms with van der Waals surface area (Å²) in [5.41, 5.74) is 3.46. The molecule has 0 amide bonds. The van der Waals surface area contributed by atoms with Crippen LogP contribution in [0.3, 0.4) is 0 Å². The zero-order valence-corrected chi connectivity index (χ0v) is 13.5. The highest BCUT2D eigenvalue weighted by Gasteiger charge is 2.21. The Hall–Kier alpha value is -2.33. The molecule has 0 bridgehead atoms. The molecule has 1 aliphatic heterocycles. The predicted molar refractivity (Wildman–Crippen MR) is 92.3 cm³/mol. The Bertz CT molecular complexity index is 881. The molecule has 0 atom stereocenters. The largest absolute Gasteiger partial charge is 0.496 e. The fraction of sp³-hybridized carbons (Fsp3) is 0.222. The quantitative estimate of drug-likeness (QED) is 0.717. The highest BCUT2D eigenvalue weighted by Crippen LogP contribution is 2.32. The second-order valence-corrected chi connectivity index (χ2v) is 6.06. The third-order valence-corrected chi connectivity index (χ3v) is 4.56. The summed E-state index contributed by atoms with van der Waals surface area (Å²) in [5.74, 6) is 1.93. The lowest BCUT2D eigenvalue weighted by atomic mass is 9.98. The molecule has 0 radical (unpaired) electrons. The molecule has 0 fully saturated rings. The maximum Gasteiger partial charge on any atom is 0.140 e. The number of methoxy groups -OCH3 is 1. The Morgan fingerprint density at radius 2 is 2.09 bits per heavy atom. The molecule has 0 spiro atoms. The lowest BCUT2D eigenvalue weighted by Crippen LogP contribution is -2.31. The molecule has 0 N–H and O–H groups in total. The summed E-state index contributed by atoms with van der Waals surface area (Å²) in [6, 6.07) is 12.0. The van der Waals surface area contributed by atoms with Crippen LogP contribution in [-0.2, 0) is 13.0 Å². The summed E-state index contributed by atoms with van der Waals surface area (Å²) in [5, 5.41) is 1.72. The molecule has 0 saturated carbocycles. The minimum atomic E-state index is 0.691. The fourth-order valence-electron chi connectivity index (χ4n) is 3.21. The van der Waals surface area contributed by atoms with Crippen LogP contribution in [0.5, 0.6) is 5.75 Å². The van der Waals surface area contributed by atoms with E-state index < -0.39 is 0 Å². The van der Waals surface area contributed by atoms with Crippen molar-refractivity contribution in [3.05, 3.63) is 58.9 Å². The Morgan fingerprint density at radius 3 is 2.96 bits per heavy atom. The summed E-state index contributed by atoms with van der Waals surface area (Å²) in [6.45, 7) is 1.73. The molecule has 1 aliphatic rings. The third-order valence-electron chi connectivity index (χ3n) is 4.32. The van der Waals surface area contributed by atoms with Gasteiger partial charge in [0.2, 0.25) is 0 Å². The monoisotopic (exact) mass is 325 g/mol. The van der Waals surface area contributed by atoms with Crippen molar-refractivity contribution in [1.82, 2.24) is 9.97 Å². The number of fused-ring (bicyclic) bond motifs is 2. The Labute approximate surface area is 139 Å². The van der Waals surface area contributed by atoms with Crippen molar-refractivity contribution in [1.29, 1.82) is 0 Å². The SMILES string of the molecule is COc1cccc2c1CCN(c1ncnc3cc(Cl)ccc13)C2. The van der Waals surface area contributed by atoms with Crippen molar-refractivity contribution in [3.8, 4) is 5.75 Å². The molecular weight excluding hydrogens is 310 g/mol. The number of halogens is 1. The van der Waals surface area contributed by atoms with E-state index in [9.17, 15) is 0 Å². The Morgan fingerprint density at radius 1 is 1.17 bits per heavy atom. The van der Waals surface area contributed by atoms with Gasteiger partial charge in [-0.25, -0.2) is 9.97 Å². The van der Waals surface area contributed by atoms with Gasteiger partial charge in [0.05, 0.1) is 12.6 Å². The average Bonchev–Trinajstić information content (AvgIpc) is 2.59. The number of rotatable bonds is 2. The van der Waals surface area contributed by atoms with E-state index in [1.54, 1.807) is 13.4 Å². The topological polar surface area (TPSA) is 38.2 Å². The van der Waals surface area contributed by atoms with Crippen LogP contribution in [0.15, 0.2) is 42.7 Å². The van der Waals surface area contributed by atoms with Gasteiger partial charge in [-0.2, -0.15) is 0 Å². The lowest BCUT2D eigenvalue weighted by Gasteiger charge is -2.31. The number of benzene rings is 2. The number of aromatic nitrogens is 2. The van der Waals surface area contributed by atoms with Gasteiger partial charge in [0, 0.05) is 29.1 Å². The molecule has 0 saturated heterocycles. The first-order valence-corrected chi connectivity index (χ1v) is 7.94. The highest BCUT2D eigenvalue weighted by atomic mass is 35.5. The first-order valence-electron chi connectivity index (χ1n) is 7.56. The van der Waals surface area contributed by atoms with E-state index in [2.05, 4.69) is 20.9 Å². The molecule has 4 nitrogen and oxygen atoms in total. The van der Waals surface area contributed by atoms with Gasteiger partial charge in [0.15, 0.2) is 0 Å². The van der Waals surface area contributed by atoms with Crippen molar-refractivity contribution in [2.75, 3.05) is 18.6 Å². The van der Waals surface area contributed by atoms with Gasteiger partial charge >= 0.3 is 0 Å². The van der Waals surface area contributed by atoms with Gasteiger partial charge in [0.25, 0.3) is 0 Å². The highest BCUT2D eigenvalue weighted by molar-refractivity contribution is 6.31. The minimum Gasteiger partial charge on any atom is -0.496 e. The van der Waals surface area contributed by atoms with Crippen LogP contribution in [0, 0.1) is 0 Å². The zero-order chi connectivity index (χ0) is 15.8. The Kier molecular flexibility index (Phi) is 3.54. The molecule has 3 aromatic rings. The Balaban J connectivity index is 1.75. The van der Waals surface area contributed by atoms with Gasteiger partial charge < -0.3 is 9.64 Å². The van der Waals surface area contributed by atoms with Crippen LogP contribution in [0.2, 0.25) is 5.02 Å². The number of hydrogen-bond acceptors (Lipinski definition) is 4. The molecule has 2 heterocycles. The molecule has 1 aromatic heterocycles. The summed E-state index contributed by atoms with van der Waals surface area (Å²) in [6.07, 6.45) is 2.55. The van der Waals surface area contributed by atoms with Crippen molar-refractivity contribution in [2.45, 2.75) is 13.0 Å². The van der Waals surface area contributed by atoms with Crippen LogP contribution < -0.4 is 9.64 Å². The van der Waals surface area contributed by atoms with Crippen LogP contribution in [-0.4, -0.2) is 23.6 Å². The van der Waals surface area contributed by atoms with Crippen LogP contribution in [0.25, 0.3) is 10.9 Å². The summed E-state index contributed by atoms with van der Waals surface area (Å²) >= 11 is 6.07. The normalized spacial score (nSPS) is 13.9. The van der Waals surface area contributed by atoms with E-state index in [1.807, 2.05) is 30.3 Å². The van der Waals surface area contributed by atoms with E-state index in [-0.39, 0.29) is 0 Å². The number of nitrogens with zero attached hydrogens (tertiary/aromatic N) is 3. The molecule has 4 rings (SSSR count). The maximum atomic E-state index is 6.07. The van der Waals surface area contributed by atoms with Gasteiger partial charge in [-0.15, -0.1) is 0 Å². The number of anilines is 1. The van der Waals surface area contributed by atoms with Crippen molar-refractivity contribution < 1.29 is 4.74 Å². The fourth-order valence-corrected chi connectivity index (χ4v) is 3.38. The molecule has 2 aromatic carbocycles. The van der Waals surface area contributed by atoms with Crippen LogP contribution in [0.1, 0.15) is 11.1 Å². The van der Waals surface area contributed by atoms with E-state index in [1.165, 1.54) is 11.1 Å². The summed E-state index contributed by atoms with van der Waals surface area (Å²) in [4.78, 5) is 11.1. The first-order chi connectivity index (χ1) is 11.3. The lowest BCUT2D eigenvalue weighted by molar-refractivity contribution is 0.407. The molecule has 5 heteroatoms.